The highest BCUT2D eigenvalue weighted by molar-refractivity contribution is 6.61. The number of nitrogens with zero attached hydrogens (tertiary/aromatic N) is 1. The van der Waals surface area contributed by atoms with E-state index in [0.717, 1.165) is 11.0 Å². The summed E-state index contributed by atoms with van der Waals surface area (Å²) in [4.78, 5) is 0. The van der Waals surface area contributed by atoms with Gasteiger partial charge in [0.05, 0.1) is 24.8 Å². The Balaban J connectivity index is 1.89. The summed E-state index contributed by atoms with van der Waals surface area (Å²) in [5.41, 5.74) is 2.63. The van der Waals surface area contributed by atoms with Gasteiger partial charge in [0, 0.05) is 5.56 Å². The van der Waals surface area contributed by atoms with Gasteiger partial charge in [-0.2, -0.15) is 5.26 Å². The van der Waals surface area contributed by atoms with Crippen LogP contribution in [0.3, 0.4) is 0 Å². The Bertz CT molecular complexity index is 726. The Morgan fingerprint density at radius 3 is 2.90 bits per heavy atom. The van der Waals surface area contributed by atoms with Crippen molar-refractivity contribution in [2.24, 2.45) is 0 Å². The molecule has 0 saturated heterocycles. The molecule has 0 aliphatic carbocycles. The minimum absolute atomic E-state index is 0.211. The molecule has 1 aliphatic rings. The molecule has 1 aliphatic heterocycles. The minimum atomic E-state index is -0.878. The molecule has 0 unspecified atom stereocenters. The van der Waals surface area contributed by atoms with Crippen LogP contribution in [0.1, 0.15) is 16.7 Å². The van der Waals surface area contributed by atoms with Crippen LogP contribution in [0.25, 0.3) is 0 Å². The van der Waals surface area contributed by atoms with Crippen LogP contribution in [0.2, 0.25) is 0 Å². The maximum absolute atomic E-state index is 9.58. The molecule has 0 bridgehead atoms. The fourth-order valence-electron chi connectivity index (χ4n) is 2.27. The molecular formula is C15H12BNO4. The number of benzene rings is 2. The van der Waals surface area contributed by atoms with Crippen LogP contribution in [-0.4, -0.2) is 17.2 Å². The van der Waals surface area contributed by atoms with Gasteiger partial charge in [-0.3, -0.25) is 0 Å². The fourth-order valence-corrected chi connectivity index (χ4v) is 2.27. The number of ether oxygens (including phenoxy) is 1. The van der Waals surface area contributed by atoms with Crippen LogP contribution >= 0.6 is 0 Å². The lowest BCUT2D eigenvalue weighted by Crippen LogP contribution is -2.27. The number of aliphatic hydroxyl groups excluding tert-OH is 1. The maximum atomic E-state index is 9.58. The number of rotatable bonds is 3. The lowest BCUT2D eigenvalue weighted by Gasteiger charge is -2.11. The van der Waals surface area contributed by atoms with Gasteiger partial charge < -0.3 is 19.5 Å². The quantitative estimate of drug-likeness (QED) is 0.822. The van der Waals surface area contributed by atoms with E-state index in [1.807, 2.05) is 6.07 Å². The predicted molar refractivity (Wildman–Crippen MR) is 76.0 cm³/mol. The van der Waals surface area contributed by atoms with E-state index in [1.165, 1.54) is 0 Å². The molecule has 0 saturated carbocycles. The molecule has 6 heteroatoms. The monoisotopic (exact) mass is 281 g/mol. The summed E-state index contributed by atoms with van der Waals surface area (Å²) < 4.78 is 10.9. The van der Waals surface area contributed by atoms with Crippen molar-refractivity contribution in [2.75, 3.05) is 0 Å². The lowest BCUT2D eigenvalue weighted by atomic mass is 9.80. The van der Waals surface area contributed by atoms with E-state index in [4.69, 9.17) is 14.7 Å². The molecule has 21 heavy (non-hydrogen) atoms. The van der Waals surface area contributed by atoms with Crippen molar-refractivity contribution in [3.8, 4) is 17.6 Å². The van der Waals surface area contributed by atoms with Gasteiger partial charge in [0.2, 0.25) is 0 Å². The fraction of sp³-hybridized carbons (Fsp3) is 0.133. The molecule has 5 nitrogen and oxygen atoms in total. The smallest absolute Gasteiger partial charge is 0.457 e. The molecule has 0 atom stereocenters. The first kappa shape index (κ1) is 13.6. The summed E-state index contributed by atoms with van der Waals surface area (Å²) in [6.45, 7) is 0.131. The van der Waals surface area contributed by atoms with Crippen molar-refractivity contribution in [1.29, 1.82) is 5.26 Å². The highest BCUT2D eigenvalue weighted by Gasteiger charge is 2.27. The lowest BCUT2D eigenvalue weighted by molar-refractivity contribution is 0.274. The van der Waals surface area contributed by atoms with Gasteiger partial charge in [-0.05, 0) is 41.4 Å². The van der Waals surface area contributed by atoms with E-state index in [2.05, 4.69) is 0 Å². The highest BCUT2D eigenvalue weighted by Crippen LogP contribution is 2.27. The predicted octanol–water partition coefficient (Wildman–Crippen LogP) is 1.06. The van der Waals surface area contributed by atoms with Crippen LogP contribution in [0.5, 0.6) is 11.5 Å². The maximum Gasteiger partial charge on any atom is 0.491 e. The van der Waals surface area contributed by atoms with E-state index >= 15 is 0 Å². The Hall–Kier alpha value is -2.33. The molecule has 0 aromatic heterocycles. The van der Waals surface area contributed by atoms with Gasteiger partial charge in [0.25, 0.3) is 0 Å². The first-order valence-corrected chi connectivity index (χ1v) is 6.45. The SMILES string of the molecule is N#Cc1ccc(Oc2ccc3c(c2)COB3O)c(CO)c1. The molecule has 3 rings (SSSR count). The van der Waals surface area contributed by atoms with Gasteiger partial charge >= 0.3 is 7.12 Å². The largest absolute Gasteiger partial charge is 0.491 e. The summed E-state index contributed by atoms with van der Waals surface area (Å²) in [6.07, 6.45) is 0. The molecule has 2 aromatic rings. The summed E-state index contributed by atoms with van der Waals surface area (Å²) in [7, 11) is -0.878. The van der Waals surface area contributed by atoms with Crippen LogP contribution < -0.4 is 10.2 Å². The molecule has 1 heterocycles. The Morgan fingerprint density at radius 1 is 1.29 bits per heavy atom. The number of hydrogen-bond acceptors (Lipinski definition) is 5. The summed E-state index contributed by atoms with van der Waals surface area (Å²) in [5, 5.41) is 27.8. The number of aliphatic hydroxyl groups is 1. The Labute approximate surface area is 122 Å². The zero-order chi connectivity index (χ0) is 14.8. The molecular weight excluding hydrogens is 269 g/mol. The Morgan fingerprint density at radius 2 is 2.14 bits per heavy atom. The third-order valence-corrected chi connectivity index (χ3v) is 3.36. The molecule has 0 fully saturated rings. The average molecular weight is 281 g/mol. The van der Waals surface area contributed by atoms with Crippen molar-refractivity contribution in [1.82, 2.24) is 0 Å². The third kappa shape index (κ3) is 2.62. The van der Waals surface area contributed by atoms with E-state index in [1.54, 1.807) is 36.4 Å². The van der Waals surface area contributed by atoms with Gasteiger partial charge in [-0.1, -0.05) is 6.07 Å². The molecule has 0 spiro atoms. The second kappa shape index (κ2) is 5.58. The molecule has 2 N–H and O–H groups in total. The molecule has 104 valence electrons. The summed E-state index contributed by atoms with van der Waals surface area (Å²) in [5.74, 6) is 1.08. The number of nitriles is 1. The second-order valence-electron chi connectivity index (χ2n) is 4.72. The van der Waals surface area contributed by atoms with Crippen LogP contribution in [0.15, 0.2) is 36.4 Å². The van der Waals surface area contributed by atoms with Crippen molar-refractivity contribution >= 4 is 12.6 Å². The Kier molecular flexibility index (Phi) is 3.63. The first-order valence-electron chi connectivity index (χ1n) is 6.45. The standard InChI is InChI=1S/C15H12BNO4/c17-7-10-1-4-15(11(5-10)8-18)21-13-2-3-14-12(6-13)9-20-16(14)19/h1-6,18-19H,8-9H2. The van der Waals surface area contributed by atoms with Gasteiger partial charge in [-0.25, -0.2) is 0 Å². The highest BCUT2D eigenvalue weighted by atomic mass is 16.5. The van der Waals surface area contributed by atoms with E-state index in [9.17, 15) is 10.1 Å². The molecule has 2 aromatic carbocycles. The normalized spacial score (nSPS) is 12.9. The number of fused-ring (bicyclic) bond motifs is 1. The van der Waals surface area contributed by atoms with E-state index in [-0.39, 0.29) is 6.61 Å². The second-order valence-corrected chi connectivity index (χ2v) is 4.72. The van der Waals surface area contributed by atoms with Crippen molar-refractivity contribution in [3.63, 3.8) is 0 Å². The van der Waals surface area contributed by atoms with Gasteiger partial charge in [-0.15, -0.1) is 0 Å². The zero-order valence-electron chi connectivity index (χ0n) is 11.1. The van der Waals surface area contributed by atoms with E-state index < -0.39 is 7.12 Å². The van der Waals surface area contributed by atoms with Crippen LogP contribution in [0.4, 0.5) is 0 Å². The van der Waals surface area contributed by atoms with Crippen molar-refractivity contribution in [2.45, 2.75) is 13.2 Å². The average Bonchev–Trinajstić information content (AvgIpc) is 2.88. The number of hydrogen-bond donors (Lipinski definition) is 2. The molecule has 0 amide bonds. The van der Waals surface area contributed by atoms with Crippen LogP contribution in [-0.2, 0) is 17.9 Å². The summed E-state index contributed by atoms with van der Waals surface area (Å²) >= 11 is 0. The zero-order valence-corrected chi connectivity index (χ0v) is 11.1. The first-order chi connectivity index (χ1) is 10.2. The van der Waals surface area contributed by atoms with Crippen LogP contribution in [0, 0.1) is 11.3 Å². The third-order valence-electron chi connectivity index (χ3n) is 3.36. The van der Waals surface area contributed by atoms with Crippen molar-refractivity contribution < 1.29 is 19.5 Å². The minimum Gasteiger partial charge on any atom is -0.457 e. The van der Waals surface area contributed by atoms with Gasteiger partial charge in [0.15, 0.2) is 0 Å². The van der Waals surface area contributed by atoms with Crippen molar-refractivity contribution in [3.05, 3.63) is 53.1 Å². The molecule has 0 radical (unpaired) electrons. The summed E-state index contributed by atoms with van der Waals surface area (Å²) in [6, 6.07) is 12.2. The topological polar surface area (TPSA) is 82.7 Å². The van der Waals surface area contributed by atoms with Gasteiger partial charge in [0.1, 0.15) is 11.5 Å². The van der Waals surface area contributed by atoms with E-state index in [0.29, 0.717) is 29.2 Å².